The molecule has 5 rings (SSSR count). The molecular weight excluding hydrogens is 470 g/mol. The van der Waals surface area contributed by atoms with Crippen LogP contribution in [0.2, 0.25) is 0 Å². The smallest absolute Gasteiger partial charge is 0.307 e. The van der Waals surface area contributed by atoms with Crippen molar-refractivity contribution in [3.05, 3.63) is 83.9 Å². The third-order valence-electron chi connectivity index (χ3n) is 6.33. The first kappa shape index (κ1) is 24.5. The molecule has 1 N–H and O–H groups in total. The van der Waals surface area contributed by atoms with Gasteiger partial charge in [0.2, 0.25) is 5.89 Å². The summed E-state index contributed by atoms with van der Waals surface area (Å²) >= 11 is 0. The molecule has 37 heavy (non-hydrogen) atoms. The number of carboxylic acids is 1. The van der Waals surface area contributed by atoms with E-state index in [9.17, 15) is 9.90 Å². The van der Waals surface area contributed by atoms with Gasteiger partial charge in [0.05, 0.1) is 37.5 Å². The van der Waals surface area contributed by atoms with Crippen LogP contribution in [0.4, 0.5) is 5.82 Å². The highest BCUT2D eigenvalue weighted by Crippen LogP contribution is 2.28. The molecule has 3 heterocycles. The predicted octanol–water partition coefficient (Wildman–Crippen LogP) is 4.80. The number of carboxylic acid groups (broad SMARTS) is 1. The zero-order valence-corrected chi connectivity index (χ0v) is 20.7. The van der Waals surface area contributed by atoms with Crippen LogP contribution in [0.15, 0.2) is 71.3 Å². The molecule has 0 atom stereocenters. The van der Waals surface area contributed by atoms with Gasteiger partial charge in [0.1, 0.15) is 17.3 Å². The summed E-state index contributed by atoms with van der Waals surface area (Å²) in [5.74, 6) is 2.09. The molecule has 2 aromatic heterocycles. The molecule has 0 radical (unpaired) electrons. The van der Waals surface area contributed by atoms with Crippen LogP contribution in [-0.4, -0.2) is 54.0 Å². The zero-order chi connectivity index (χ0) is 25.6. The Morgan fingerprint density at radius 1 is 1.05 bits per heavy atom. The lowest BCUT2D eigenvalue weighted by Crippen LogP contribution is -2.36. The van der Waals surface area contributed by atoms with Crippen LogP contribution in [-0.2, 0) is 22.4 Å². The molecule has 1 aliphatic heterocycles. The van der Waals surface area contributed by atoms with Gasteiger partial charge in [0.25, 0.3) is 0 Å². The molecule has 190 valence electrons. The van der Waals surface area contributed by atoms with Gasteiger partial charge in [-0.2, -0.15) is 0 Å². The summed E-state index contributed by atoms with van der Waals surface area (Å²) in [7, 11) is 0. The number of benzene rings is 2. The zero-order valence-electron chi connectivity index (χ0n) is 20.7. The standard InChI is InChI=1S/C29H29N3O5/c1-20-26(31-29(37-20)23-9-10-27(30-19-23)32-12-15-35-16-13-32)11-14-36-24-7-4-6-21(17-24)25-8-3-2-5-22(25)18-28(33)34/h2-10,17,19H,11-16,18H2,1H3,(H,33,34). The summed E-state index contributed by atoms with van der Waals surface area (Å²) in [6.07, 6.45) is 2.36. The van der Waals surface area contributed by atoms with Crippen molar-refractivity contribution in [3.8, 4) is 28.3 Å². The van der Waals surface area contributed by atoms with Crippen LogP contribution in [0.1, 0.15) is 17.0 Å². The largest absolute Gasteiger partial charge is 0.493 e. The van der Waals surface area contributed by atoms with Crippen molar-refractivity contribution >= 4 is 11.8 Å². The minimum absolute atomic E-state index is 0.0273. The van der Waals surface area contributed by atoms with Gasteiger partial charge in [0.15, 0.2) is 0 Å². The summed E-state index contributed by atoms with van der Waals surface area (Å²) in [5.41, 5.74) is 4.25. The fourth-order valence-electron chi connectivity index (χ4n) is 4.41. The molecule has 4 aromatic rings. The van der Waals surface area contributed by atoms with Crippen molar-refractivity contribution in [2.75, 3.05) is 37.8 Å². The Morgan fingerprint density at radius 2 is 1.89 bits per heavy atom. The molecule has 0 amide bonds. The third-order valence-corrected chi connectivity index (χ3v) is 6.33. The Labute approximate surface area is 215 Å². The fourth-order valence-corrected chi connectivity index (χ4v) is 4.41. The summed E-state index contributed by atoms with van der Waals surface area (Å²) in [6, 6.07) is 19.2. The molecule has 1 fully saturated rings. The number of hydrogen-bond donors (Lipinski definition) is 1. The van der Waals surface area contributed by atoms with E-state index >= 15 is 0 Å². The van der Waals surface area contributed by atoms with Crippen molar-refractivity contribution in [1.29, 1.82) is 0 Å². The van der Waals surface area contributed by atoms with Gasteiger partial charge in [-0.1, -0.05) is 36.4 Å². The number of aliphatic carboxylic acids is 1. The van der Waals surface area contributed by atoms with Gasteiger partial charge < -0.3 is 23.9 Å². The number of nitrogens with zero attached hydrogens (tertiary/aromatic N) is 3. The van der Waals surface area contributed by atoms with Crippen LogP contribution in [0.25, 0.3) is 22.6 Å². The number of ether oxygens (including phenoxy) is 2. The second-order valence-electron chi connectivity index (χ2n) is 8.88. The quantitative estimate of drug-likeness (QED) is 0.351. The van der Waals surface area contributed by atoms with E-state index in [4.69, 9.17) is 13.9 Å². The Balaban J connectivity index is 1.22. The second-order valence-corrected chi connectivity index (χ2v) is 8.88. The molecule has 1 aliphatic rings. The third kappa shape index (κ3) is 5.98. The van der Waals surface area contributed by atoms with E-state index in [1.807, 2.05) is 67.6 Å². The summed E-state index contributed by atoms with van der Waals surface area (Å²) in [5, 5.41) is 9.23. The molecule has 2 aromatic carbocycles. The Hall–Kier alpha value is -4.17. The first-order valence-corrected chi connectivity index (χ1v) is 12.3. The lowest BCUT2D eigenvalue weighted by Gasteiger charge is -2.27. The van der Waals surface area contributed by atoms with Gasteiger partial charge in [-0.15, -0.1) is 0 Å². The normalized spacial score (nSPS) is 13.5. The number of pyridine rings is 1. The van der Waals surface area contributed by atoms with E-state index in [0.717, 1.165) is 65.8 Å². The Bertz CT molecular complexity index is 1360. The molecule has 8 heteroatoms. The summed E-state index contributed by atoms with van der Waals surface area (Å²) < 4.78 is 17.4. The minimum Gasteiger partial charge on any atom is -0.493 e. The average molecular weight is 500 g/mol. The molecule has 0 aliphatic carbocycles. The van der Waals surface area contributed by atoms with E-state index in [1.54, 1.807) is 6.20 Å². The Morgan fingerprint density at radius 3 is 2.68 bits per heavy atom. The van der Waals surface area contributed by atoms with Crippen LogP contribution < -0.4 is 9.64 Å². The van der Waals surface area contributed by atoms with Crippen LogP contribution in [0, 0.1) is 6.92 Å². The highest BCUT2D eigenvalue weighted by atomic mass is 16.5. The molecule has 8 nitrogen and oxygen atoms in total. The maximum atomic E-state index is 11.2. The van der Waals surface area contributed by atoms with E-state index in [1.165, 1.54) is 0 Å². The van der Waals surface area contributed by atoms with E-state index in [-0.39, 0.29) is 6.42 Å². The number of anilines is 1. The monoisotopic (exact) mass is 499 g/mol. The maximum absolute atomic E-state index is 11.2. The average Bonchev–Trinajstić information content (AvgIpc) is 3.30. The number of aromatic nitrogens is 2. The predicted molar refractivity (Wildman–Crippen MR) is 140 cm³/mol. The molecule has 0 bridgehead atoms. The SMILES string of the molecule is Cc1oc(-c2ccc(N3CCOCC3)nc2)nc1CCOc1cccc(-c2ccccc2CC(=O)O)c1. The maximum Gasteiger partial charge on any atom is 0.307 e. The van der Waals surface area contributed by atoms with E-state index in [2.05, 4.69) is 14.9 Å². The lowest BCUT2D eigenvalue weighted by atomic mass is 9.97. The Kier molecular flexibility index (Phi) is 7.46. The van der Waals surface area contributed by atoms with Crippen molar-refractivity contribution in [1.82, 2.24) is 9.97 Å². The number of morpholine rings is 1. The molecule has 1 saturated heterocycles. The molecule has 0 unspecified atom stereocenters. The highest BCUT2D eigenvalue weighted by molar-refractivity contribution is 5.77. The van der Waals surface area contributed by atoms with Gasteiger partial charge >= 0.3 is 5.97 Å². The molecule has 0 spiro atoms. The van der Waals surface area contributed by atoms with Crippen molar-refractivity contribution in [3.63, 3.8) is 0 Å². The topological polar surface area (TPSA) is 97.9 Å². The van der Waals surface area contributed by atoms with Crippen LogP contribution in [0.5, 0.6) is 5.75 Å². The number of aryl methyl sites for hydroxylation is 1. The van der Waals surface area contributed by atoms with E-state index in [0.29, 0.717) is 24.7 Å². The van der Waals surface area contributed by atoms with Crippen LogP contribution >= 0.6 is 0 Å². The van der Waals surface area contributed by atoms with Crippen LogP contribution in [0.3, 0.4) is 0 Å². The first-order valence-electron chi connectivity index (χ1n) is 12.3. The second kappa shape index (κ2) is 11.3. The number of rotatable bonds is 9. The van der Waals surface area contributed by atoms with Crippen molar-refractivity contribution in [2.45, 2.75) is 19.8 Å². The summed E-state index contributed by atoms with van der Waals surface area (Å²) in [6.45, 7) is 5.45. The van der Waals surface area contributed by atoms with Crippen molar-refractivity contribution in [2.24, 2.45) is 0 Å². The van der Waals surface area contributed by atoms with Gasteiger partial charge in [-0.25, -0.2) is 9.97 Å². The molecule has 0 saturated carbocycles. The number of oxazole rings is 1. The highest BCUT2D eigenvalue weighted by Gasteiger charge is 2.15. The van der Waals surface area contributed by atoms with Gasteiger partial charge in [-0.3, -0.25) is 4.79 Å². The minimum atomic E-state index is -0.856. The fraction of sp³-hybridized carbons (Fsp3) is 0.276. The first-order chi connectivity index (χ1) is 18.1. The summed E-state index contributed by atoms with van der Waals surface area (Å²) in [4.78, 5) is 22.7. The number of carbonyl (C=O) groups is 1. The molecular formula is C29H29N3O5. The lowest BCUT2D eigenvalue weighted by molar-refractivity contribution is -0.136. The van der Waals surface area contributed by atoms with Crippen molar-refractivity contribution < 1.29 is 23.8 Å². The van der Waals surface area contributed by atoms with E-state index < -0.39 is 5.97 Å². The van der Waals surface area contributed by atoms with Gasteiger partial charge in [0, 0.05) is 25.7 Å². The number of hydrogen-bond acceptors (Lipinski definition) is 7. The van der Waals surface area contributed by atoms with Gasteiger partial charge in [-0.05, 0) is 47.9 Å².